The quantitative estimate of drug-likeness (QED) is 0.618. The Kier molecular flexibility index (Phi) is 1.12. The number of anilines is 1. The van der Waals surface area contributed by atoms with Crippen molar-refractivity contribution in [1.82, 2.24) is 4.98 Å². The van der Waals surface area contributed by atoms with Gasteiger partial charge in [-0.05, 0) is 24.6 Å². The lowest BCUT2D eigenvalue weighted by molar-refractivity contribution is 0.626. The molecule has 56 valence electrons. The predicted molar refractivity (Wildman–Crippen MR) is 43.2 cm³/mol. The average Bonchev–Trinajstić information content (AvgIpc) is 2.27. The fourth-order valence-corrected chi connectivity index (χ4v) is 1.05. The van der Waals surface area contributed by atoms with Gasteiger partial charge in [-0.3, -0.25) is 0 Å². The first-order valence-electron chi connectivity index (χ1n) is 3.38. The zero-order valence-electron chi connectivity index (χ0n) is 6.16. The van der Waals surface area contributed by atoms with Crippen LogP contribution in [0.5, 0.6) is 0 Å². The van der Waals surface area contributed by atoms with Gasteiger partial charge in [-0.25, -0.2) is 0 Å². The van der Waals surface area contributed by atoms with E-state index in [1.807, 2.05) is 25.1 Å². The molecule has 0 unspecified atom stereocenters. The van der Waals surface area contributed by atoms with E-state index in [0.717, 1.165) is 16.7 Å². The summed E-state index contributed by atoms with van der Waals surface area (Å²) in [5.41, 5.74) is 8.08. The minimum Gasteiger partial charge on any atom is -0.424 e. The monoisotopic (exact) mass is 148 g/mol. The van der Waals surface area contributed by atoms with Crippen molar-refractivity contribution in [2.75, 3.05) is 5.73 Å². The van der Waals surface area contributed by atoms with Gasteiger partial charge in [0, 0.05) is 0 Å². The number of nitrogens with zero attached hydrogens (tertiary/aromatic N) is 1. The number of aromatic nitrogens is 1. The predicted octanol–water partition coefficient (Wildman–Crippen LogP) is 1.72. The van der Waals surface area contributed by atoms with Gasteiger partial charge < -0.3 is 10.2 Å². The highest BCUT2D eigenvalue weighted by molar-refractivity contribution is 5.74. The molecule has 0 saturated carbocycles. The third-order valence-electron chi connectivity index (χ3n) is 1.56. The van der Waals surface area contributed by atoms with Crippen LogP contribution in [0.3, 0.4) is 0 Å². The molecule has 2 rings (SSSR count). The lowest BCUT2D eigenvalue weighted by atomic mass is 10.2. The van der Waals surface area contributed by atoms with Crippen molar-refractivity contribution >= 4 is 17.1 Å². The lowest BCUT2D eigenvalue weighted by Crippen LogP contribution is -1.80. The summed E-state index contributed by atoms with van der Waals surface area (Å²) >= 11 is 0. The van der Waals surface area contributed by atoms with E-state index in [1.54, 1.807) is 0 Å². The minimum atomic E-state index is 0.227. The van der Waals surface area contributed by atoms with Crippen LogP contribution in [0.25, 0.3) is 11.1 Å². The molecule has 2 N–H and O–H groups in total. The third kappa shape index (κ3) is 0.941. The summed E-state index contributed by atoms with van der Waals surface area (Å²) in [6, 6.07) is 6.01. The molecule has 0 bridgehead atoms. The molecule has 0 fully saturated rings. The molecule has 1 aromatic heterocycles. The maximum atomic E-state index is 5.36. The molecule has 0 radical (unpaired) electrons. The SMILES string of the molecule is Cc1ccc2nc(N)oc2c1. The Labute approximate surface area is 63.8 Å². The molecule has 0 amide bonds. The maximum absolute atomic E-state index is 5.36. The fraction of sp³-hybridized carbons (Fsp3) is 0.125. The van der Waals surface area contributed by atoms with Gasteiger partial charge in [0.25, 0.3) is 6.01 Å². The molecule has 2 aromatic rings. The van der Waals surface area contributed by atoms with Crippen molar-refractivity contribution in [1.29, 1.82) is 0 Å². The van der Waals surface area contributed by atoms with E-state index in [-0.39, 0.29) is 6.01 Å². The standard InChI is InChI=1S/C8H8N2O/c1-5-2-3-6-7(4-5)11-8(9)10-6/h2-4H,1H3,(H2,9,10). The molecular formula is C8H8N2O. The number of nitrogens with two attached hydrogens (primary N) is 1. The summed E-state index contributed by atoms with van der Waals surface area (Å²) in [5, 5.41) is 0. The maximum Gasteiger partial charge on any atom is 0.292 e. The van der Waals surface area contributed by atoms with Crippen molar-refractivity contribution in [2.45, 2.75) is 6.92 Å². The number of nitrogen functional groups attached to an aromatic ring is 1. The number of hydrogen-bond acceptors (Lipinski definition) is 3. The van der Waals surface area contributed by atoms with Crippen LogP contribution in [0.4, 0.5) is 6.01 Å². The third-order valence-corrected chi connectivity index (χ3v) is 1.56. The Bertz CT molecular complexity index is 392. The smallest absolute Gasteiger partial charge is 0.292 e. The molecule has 0 saturated heterocycles. The van der Waals surface area contributed by atoms with E-state index < -0.39 is 0 Å². The Morgan fingerprint density at radius 3 is 3.09 bits per heavy atom. The van der Waals surface area contributed by atoms with Gasteiger partial charge in [-0.2, -0.15) is 4.98 Å². The van der Waals surface area contributed by atoms with E-state index in [2.05, 4.69) is 4.98 Å². The van der Waals surface area contributed by atoms with Crippen molar-refractivity contribution in [3.63, 3.8) is 0 Å². The van der Waals surface area contributed by atoms with Crippen LogP contribution < -0.4 is 5.73 Å². The Hall–Kier alpha value is -1.51. The minimum absolute atomic E-state index is 0.227. The normalized spacial score (nSPS) is 10.6. The molecule has 0 aliphatic carbocycles. The number of oxazole rings is 1. The van der Waals surface area contributed by atoms with Crippen LogP contribution in [-0.2, 0) is 0 Å². The van der Waals surface area contributed by atoms with Crippen LogP contribution in [0.2, 0.25) is 0 Å². The van der Waals surface area contributed by atoms with Crippen LogP contribution >= 0.6 is 0 Å². The van der Waals surface area contributed by atoms with Crippen molar-refractivity contribution in [3.05, 3.63) is 23.8 Å². The summed E-state index contributed by atoms with van der Waals surface area (Å²) in [6.45, 7) is 2.00. The van der Waals surface area contributed by atoms with Crippen molar-refractivity contribution in [3.8, 4) is 0 Å². The molecule has 11 heavy (non-hydrogen) atoms. The summed E-state index contributed by atoms with van der Waals surface area (Å²) in [5.74, 6) is 0. The molecular weight excluding hydrogens is 140 g/mol. The van der Waals surface area contributed by atoms with Gasteiger partial charge in [0.15, 0.2) is 5.58 Å². The van der Waals surface area contributed by atoms with E-state index in [4.69, 9.17) is 10.2 Å². The van der Waals surface area contributed by atoms with Crippen LogP contribution in [0, 0.1) is 6.92 Å². The highest BCUT2D eigenvalue weighted by Crippen LogP contribution is 2.17. The second kappa shape index (κ2) is 1.99. The Morgan fingerprint density at radius 1 is 1.45 bits per heavy atom. The highest BCUT2D eigenvalue weighted by Gasteiger charge is 2.00. The molecule has 1 aromatic carbocycles. The first kappa shape index (κ1) is 6.22. The molecule has 3 nitrogen and oxygen atoms in total. The van der Waals surface area contributed by atoms with Gasteiger partial charge in [-0.15, -0.1) is 0 Å². The summed E-state index contributed by atoms with van der Waals surface area (Å²) in [4.78, 5) is 3.97. The van der Waals surface area contributed by atoms with Crippen LogP contribution in [0.15, 0.2) is 22.6 Å². The van der Waals surface area contributed by atoms with E-state index >= 15 is 0 Å². The van der Waals surface area contributed by atoms with Gasteiger partial charge >= 0.3 is 0 Å². The second-order valence-corrected chi connectivity index (χ2v) is 2.52. The fourth-order valence-electron chi connectivity index (χ4n) is 1.05. The van der Waals surface area contributed by atoms with Crippen LogP contribution in [-0.4, -0.2) is 4.98 Å². The first-order chi connectivity index (χ1) is 5.25. The zero-order valence-corrected chi connectivity index (χ0v) is 6.16. The molecule has 0 spiro atoms. The Morgan fingerprint density at radius 2 is 2.27 bits per heavy atom. The summed E-state index contributed by atoms with van der Waals surface area (Å²) < 4.78 is 5.12. The van der Waals surface area contributed by atoms with Gasteiger partial charge in [0.2, 0.25) is 0 Å². The highest BCUT2D eigenvalue weighted by atomic mass is 16.4. The number of aryl methyl sites for hydroxylation is 1. The molecule has 0 atom stereocenters. The summed E-state index contributed by atoms with van der Waals surface area (Å²) in [6.07, 6.45) is 0. The van der Waals surface area contributed by atoms with Gasteiger partial charge in [0.05, 0.1) is 0 Å². The number of fused-ring (bicyclic) bond motifs is 1. The summed E-state index contributed by atoms with van der Waals surface area (Å²) in [7, 11) is 0. The topological polar surface area (TPSA) is 52.0 Å². The van der Waals surface area contributed by atoms with Crippen molar-refractivity contribution in [2.24, 2.45) is 0 Å². The number of hydrogen-bond donors (Lipinski definition) is 1. The van der Waals surface area contributed by atoms with E-state index in [9.17, 15) is 0 Å². The molecule has 0 aliphatic rings. The lowest BCUT2D eigenvalue weighted by Gasteiger charge is -1.87. The van der Waals surface area contributed by atoms with E-state index in [0.29, 0.717) is 0 Å². The second-order valence-electron chi connectivity index (χ2n) is 2.52. The Balaban J connectivity index is 2.82. The number of benzene rings is 1. The first-order valence-corrected chi connectivity index (χ1v) is 3.38. The van der Waals surface area contributed by atoms with Crippen molar-refractivity contribution < 1.29 is 4.42 Å². The van der Waals surface area contributed by atoms with Crippen LogP contribution in [0.1, 0.15) is 5.56 Å². The molecule has 1 heterocycles. The molecule has 0 aliphatic heterocycles. The average molecular weight is 148 g/mol. The largest absolute Gasteiger partial charge is 0.424 e. The molecule has 3 heteroatoms. The van der Waals surface area contributed by atoms with Gasteiger partial charge in [0.1, 0.15) is 5.52 Å². The zero-order chi connectivity index (χ0) is 7.84. The van der Waals surface area contributed by atoms with Gasteiger partial charge in [-0.1, -0.05) is 6.07 Å². The number of rotatable bonds is 0. The van der Waals surface area contributed by atoms with E-state index in [1.165, 1.54) is 0 Å².